The Labute approximate surface area is 106 Å². The van der Waals surface area contributed by atoms with Crippen molar-refractivity contribution >= 4 is 0 Å². The maximum Gasteiger partial charge on any atom is 0.0596 e. The third-order valence-corrected chi connectivity index (χ3v) is 4.10. The molecule has 3 nitrogen and oxygen atoms in total. The van der Waals surface area contributed by atoms with Crippen molar-refractivity contribution in [3.8, 4) is 0 Å². The van der Waals surface area contributed by atoms with Crippen molar-refractivity contribution in [2.75, 3.05) is 32.8 Å². The highest BCUT2D eigenvalue weighted by Crippen LogP contribution is 2.31. The number of hydrogen-bond donors (Lipinski definition) is 1. The molecule has 2 rings (SSSR count). The number of ether oxygens (including phenoxy) is 1. The van der Waals surface area contributed by atoms with Crippen LogP contribution >= 0.6 is 0 Å². The van der Waals surface area contributed by atoms with E-state index in [9.17, 15) is 0 Å². The van der Waals surface area contributed by atoms with Crippen LogP contribution in [0.15, 0.2) is 0 Å². The summed E-state index contributed by atoms with van der Waals surface area (Å²) in [5.41, 5.74) is 0.439. The van der Waals surface area contributed by atoms with Gasteiger partial charge in [-0.2, -0.15) is 0 Å². The highest BCUT2D eigenvalue weighted by Gasteiger charge is 2.36. The van der Waals surface area contributed by atoms with Crippen LogP contribution in [0.4, 0.5) is 0 Å². The fraction of sp³-hybridized carbons (Fsp3) is 1.00. The van der Waals surface area contributed by atoms with Crippen LogP contribution in [-0.2, 0) is 4.74 Å². The first kappa shape index (κ1) is 13.3. The highest BCUT2D eigenvalue weighted by atomic mass is 16.5. The zero-order valence-corrected chi connectivity index (χ0v) is 11.5. The average Bonchev–Trinajstić information content (AvgIpc) is 2.62. The average molecular weight is 240 g/mol. The van der Waals surface area contributed by atoms with Gasteiger partial charge in [0, 0.05) is 18.6 Å². The number of nitrogens with zero attached hydrogens (tertiary/aromatic N) is 1. The molecule has 1 heterocycles. The van der Waals surface area contributed by atoms with E-state index >= 15 is 0 Å². The highest BCUT2D eigenvalue weighted by molar-refractivity contribution is 4.96. The molecular weight excluding hydrogens is 212 g/mol. The minimum Gasteiger partial charge on any atom is -0.377 e. The fourth-order valence-corrected chi connectivity index (χ4v) is 3.21. The van der Waals surface area contributed by atoms with Gasteiger partial charge < -0.3 is 10.1 Å². The van der Waals surface area contributed by atoms with E-state index in [1.807, 2.05) is 0 Å². The van der Waals surface area contributed by atoms with E-state index in [1.54, 1.807) is 0 Å². The van der Waals surface area contributed by atoms with E-state index < -0.39 is 0 Å². The summed E-state index contributed by atoms with van der Waals surface area (Å²) < 4.78 is 5.67. The maximum atomic E-state index is 5.67. The molecule has 0 aromatic rings. The van der Waals surface area contributed by atoms with Crippen LogP contribution in [0.25, 0.3) is 0 Å². The molecule has 17 heavy (non-hydrogen) atoms. The van der Waals surface area contributed by atoms with Gasteiger partial charge in [-0.25, -0.2) is 0 Å². The third-order valence-electron chi connectivity index (χ3n) is 4.10. The smallest absolute Gasteiger partial charge is 0.0596 e. The molecule has 1 N–H and O–H groups in total. The lowest BCUT2D eigenvalue weighted by Crippen LogP contribution is -2.49. The summed E-state index contributed by atoms with van der Waals surface area (Å²) in [6.07, 6.45) is 7.19. The Balaban J connectivity index is 1.80. The van der Waals surface area contributed by atoms with Crippen LogP contribution in [0.1, 0.15) is 46.0 Å². The summed E-state index contributed by atoms with van der Waals surface area (Å²) in [5, 5.41) is 3.80. The number of rotatable bonds is 4. The number of nitrogens with one attached hydrogen (secondary N) is 1. The molecule has 100 valence electrons. The number of hydrogen-bond acceptors (Lipinski definition) is 3. The lowest BCUT2D eigenvalue weighted by Gasteiger charge is -2.33. The lowest BCUT2D eigenvalue weighted by molar-refractivity contribution is 0.0551. The molecule has 3 heteroatoms. The topological polar surface area (TPSA) is 24.5 Å². The molecule has 0 amide bonds. The van der Waals surface area contributed by atoms with Crippen molar-refractivity contribution in [1.82, 2.24) is 10.2 Å². The summed E-state index contributed by atoms with van der Waals surface area (Å²) in [5.74, 6) is 0. The quantitative estimate of drug-likeness (QED) is 0.813. The fourth-order valence-electron chi connectivity index (χ4n) is 3.21. The zero-order chi connectivity index (χ0) is 12.1. The molecule has 2 fully saturated rings. The minimum atomic E-state index is 0.362. The molecule has 0 radical (unpaired) electrons. The first-order valence-corrected chi connectivity index (χ1v) is 7.29. The third kappa shape index (κ3) is 3.94. The molecule has 0 aromatic carbocycles. The second-order valence-electron chi connectivity index (χ2n) is 5.96. The summed E-state index contributed by atoms with van der Waals surface area (Å²) in [6.45, 7) is 9.87. The van der Waals surface area contributed by atoms with Gasteiger partial charge in [0.25, 0.3) is 0 Å². The van der Waals surface area contributed by atoms with Crippen LogP contribution in [0.2, 0.25) is 0 Å². The molecule has 0 atom stereocenters. The van der Waals surface area contributed by atoms with E-state index in [0.29, 0.717) is 11.6 Å². The zero-order valence-electron chi connectivity index (χ0n) is 11.5. The van der Waals surface area contributed by atoms with E-state index in [4.69, 9.17) is 4.74 Å². The largest absolute Gasteiger partial charge is 0.377 e. The van der Waals surface area contributed by atoms with E-state index in [-0.39, 0.29) is 0 Å². The second-order valence-corrected chi connectivity index (χ2v) is 5.96. The van der Waals surface area contributed by atoms with Crippen LogP contribution < -0.4 is 5.32 Å². The van der Waals surface area contributed by atoms with Gasteiger partial charge in [-0.05, 0) is 46.2 Å². The van der Waals surface area contributed by atoms with Crippen molar-refractivity contribution < 1.29 is 4.74 Å². The standard InChI is InChI=1S/C14H28N2O/c1-13(2)17-11-10-16-9-5-8-15-14(12-16)6-3-4-7-14/h13,15H,3-12H2,1-2H3. The molecule has 1 aliphatic carbocycles. The summed E-state index contributed by atoms with van der Waals surface area (Å²) >= 11 is 0. The predicted octanol–water partition coefficient (Wildman–Crippen LogP) is 2.02. The molecule has 1 spiro atoms. The molecular formula is C14H28N2O. The Kier molecular flexibility index (Phi) is 4.83. The lowest BCUT2D eigenvalue weighted by atomic mass is 9.97. The summed E-state index contributed by atoms with van der Waals surface area (Å²) in [7, 11) is 0. The van der Waals surface area contributed by atoms with Gasteiger partial charge in [-0.3, -0.25) is 4.90 Å². The maximum absolute atomic E-state index is 5.67. The van der Waals surface area contributed by atoms with Crippen molar-refractivity contribution in [3.63, 3.8) is 0 Å². The van der Waals surface area contributed by atoms with Gasteiger partial charge in [0.2, 0.25) is 0 Å². The Morgan fingerprint density at radius 3 is 2.71 bits per heavy atom. The van der Waals surface area contributed by atoms with E-state index in [1.165, 1.54) is 51.7 Å². The van der Waals surface area contributed by atoms with E-state index in [0.717, 1.165) is 13.2 Å². The second kappa shape index (κ2) is 6.17. The monoisotopic (exact) mass is 240 g/mol. The van der Waals surface area contributed by atoms with Crippen LogP contribution in [0, 0.1) is 0 Å². The van der Waals surface area contributed by atoms with Crippen LogP contribution in [-0.4, -0.2) is 49.3 Å². The van der Waals surface area contributed by atoms with Crippen molar-refractivity contribution in [2.24, 2.45) is 0 Å². The van der Waals surface area contributed by atoms with Gasteiger partial charge in [0.15, 0.2) is 0 Å². The van der Waals surface area contributed by atoms with Gasteiger partial charge in [-0.15, -0.1) is 0 Å². The van der Waals surface area contributed by atoms with E-state index in [2.05, 4.69) is 24.1 Å². The SMILES string of the molecule is CC(C)OCCN1CCCNC2(CCCC2)C1. The Bertz CT molecular complexity index is 224. The molecule has 1 aliphatic heterocycles. The van der Waals surface area contributed by atoms with Crippen molar-refractivity contribution in [1.29, 1.82) is 0 Å². The molecule has 0 unspecified atom stereocenters. The summed E-state index contributed by atoms with van der Waals surface area (Å²) in [6, 6.07) is 0. The molecule has 1 saturated heterocycles. The van der Waals surface area contributed by atoms with Gasteiger partial charge in [0.1, 0.15) is 0 Å². The Morgan fingerprint density at radius 1 is 1.24 bits per heavy atom. The van der Waals surface area contributed by atoms with Gasteiger partial charge >= 0.3 is 0 Å². The minimum absolute atomic E-state index is 0.362. The predicted molar refractivity (Wildman–Crippen MR) is 71.3 cm³/mol. The van der Waals surface area contributed by atoms with Gasteiger partial charge in [-0.1, -0.05) is 12.8 Å². The Morgan fingerprint density at radius 2 is 2.00 bits per heavy atom. The summed E-state index contributed by atoms with van der Waals surface area (Å²) in [4.78, 5) is 2.60. The Hall–Kier alpha value is -0.120. The molecule has 0 bridgehead atoms. The van der Waals surface area contributed by atoms with Crippen LogP contribution in [0.3, 0.4) is 0 Å². The van der Waals surface area contributed by atoms with Crippen molar-refractivity contribution in [3.05, 3.63) is 0 Å². The molecule has 2 aliphatic rings. The first-order chi connectivity index (χ1) is 8.20. The molecule has 1 saturated carbocycles. The van der Waals surface area contributed by atoms with Gasteiger partial charge in [0.05, 0.1) is 12.7 Å². The van der Waals surface area contributed by atoms with Crippen molar-refractivity contribution in [2.45, 2.75) is 57.6 Å². The van der Waals surface area contributed by atoms with Crippen LogP contribution in [0.5, 0.6) is 0 Å². The molecule has 0 aromatic heterocycles. The first-order valence-electron chi connectivity index (χ1n) is 7.29. The normalized spacial score (nSPS) is 25.6.